The van der Waals surface area contributed by atoms with E-state index in [0.717, 1.165) is 0 Å². The Balaban J connectivity index is 2.38. The molecule has 0 fully saturated rings. The first kappa shape index (κ1) is 17.7. The van der Waals surface area contributed by atoms with Gasteiger partial charge in [-0.15, -0.1) is 0 Å². The van der Waals surface area contributed by atoms with Gasteiger partial charge in [0.15, 0.2) is 0 Å². The number of halogens is 2. The minimum atomic E-state index is -1.51. The molecule has 1 heterocycles. The fraction of sp³-hybridized carbons (Fsp3) is 0.357. The maximum absolute atomic E-state index is 11.2. The minimum absolute atomic E-state index is 0.0438. The second-order valence-electron chi connectivity index (χ2n) is 5.14. The van der Waals surface area contributed by atoms with Crippen molar-refractivity contribution in [3.05, 3.63) is 46.5 Å². The van der Waals surface area contributed by atoms with Gasteiger partial charge in [0.25, 0.3) is 0 Å². The van der Waals surface area contributed by atoms with Gasteiger partial charge in [0.1, 0.15) is 18.3 Å². The van der Waals surface area contributed by atoms with Crippen molar-refractivity contribution < 1.29 is 15.0 Å². The van der Waals surface area contributed by atoms with E-state index in [2.05, 4.69) is 15.4 Å². The van der Waals surface area contributed by atoms with Crippen LogP contribution in [0.25, 0.3) is 0 Å². The molecule has 0 saturated heterocycles. The van der Waals surface area contributed by atoms with Crippen molar-refractivity contribution in [3.63, 3.8) is 0 Å². The zero-order valence-electron chi connectivity index (χ0n) is 12.3. The van der Waals surface area contributed by atoms with Crippen LogP contribution in [0.2, 0.25) is 10.0 Å². The SMILES string of the molecule is C[C@@H](NCC(=O)O)[C@](O)(Cn1cncn1)c1ccc(Cl)cc1Cl. The molecule has 0 bridgehead atoms. The lowest BCUT2D eigenvalue weighted by molar-refractivity contribution is -0.136. The molecule has 3 N–H and O–H groups in total. The summed E-state index contributed by atoms with van der Waals surface area (Å²) >= 11 is 12.1. The Morgan fingerprint density at radius 2 is 2.22 bits per heavy atom. The number of hydrogen-bond donors (Lipinski definition) is 3. The Hall–Kier alpha value is -1.67. The third-order valence-corrected chi connectivity index (χ3v) is 4.09. The number of benzene rings is 1. The van der Waals surface area contributed by atoms with E-state index >= 15 is 0 Å². The average molecular weight is 359 g/mol. The lowest BCUT2D eigenvalue weighted by Crippen LogP contribution is -2.50. The van der Waals surface area contributed by atoms with Gasteiger partial charge < -0.3 is 15.5 Å². The Bertz CT molecular complexity index is 681. The molecule has 2 atom stereocenters. The van der Waals surface area contributed by atoms with Gasteiger partial charge in [0, 0.05) is 21.7 Å². The van der Waals surface area contributed by atoms with Crippen LogP contribution in [0.4, 0.5) is 0 Å². The van der Waals surface area contributed by atoms with E-state index in [-0.39, 0.29) is 18.1 Å². The van der Waals surface area contributed by atoms with Crippen LogP contribution in [0.3, 0.4) is 0 Å². The van der Waals surface area contributed by atoms with E-state index < -0.39 is 17.6 Å². The maximum Gasteiger partial charge on any atom is 0.317 e. The van der Waals surface area contributed by atoms with Gasteiger partial charge in [-0.05, 0) is 19.1 Å². The number of nitrogens with one attached hydrogen (secondary N) is 1. The predicted octanol–water partition coefficient (Wildman–Crippen LogP) is 1.54. The molecule has 0 saturated carbocycles. The van der Waals surface area contributed by atoms with Gasteiger partial charge in [-0.3, -0.25) is 4.79 Å². The Morgan fingerprint density at radius 1 is 1.48 bits per heavy atom. The van der Waals surface area contributed by atoms with Gasteiger partial charge in [-0.1, -0.05) is 29.3 Å². The predicted molar refractivity (Wildman–Crippen MR) is 85.5 cm³/mol. The molecular weight excluding hydrogens is 343 g/mol. The second-order valence-corrected chi connectivity index (χ2v) is 5.98. The van der Waals surface area contributed by atoms with E-state index in [4.69, 9.17) is 28.3 Å². The maximum atomic E-state index is 11.2. The quantitative estimate of drug-likeness (QED) is 0.693. The Labute approximate surface area is 142 Å². The highest BCUT2D eigenvalue weighted by Gasteiger charge is 2.38. The third-order valence-electron chi connectivity index (χ3n) is 3.54. The van der Waals surface area contributed by atoms with E-state index in [1.165, 1.54) is 23.4 Å². The molecule has 124 valence electrons. The lowest BCUT2D eigenvalue weighted by Gasteiger charge is -2.35. The summed E-state index contributed by atoms with van der Waals surface area (Å²) in [7, 11) is 0. The molecule has 0 aliphatic heterocycles. The van der Waals surface area contributed by atoms with Crippen molar-refractivity contribution >= 4 is 29.2 Å². The van der Waals surface area contributed by atoms with Crippen LogP contribution in [0.5, 0.6) is 0 Å². The Morgan fingerprint density at radius 3 is 2.78 bits per heavy atom. The van der Waals surface area contributed by atoms with Crippen LogP contribution in [0.1, 0.15) is 12.5 Å². The highest BCUT2D eigenvalue weighted by Crippen LogP contribution is 2.34. The molecule has 1 aromatic carbocycles. The van der Waals surface area contributed by atoms with Crippen LogP contribution in [-0.4, -0.2) is 43.5 Å². The molecule has 0 unspecified atom stereocenters. The number of carboxylic acid groups (broad SMARTS) is 1. The molecule has 0 aliphatic rings. The summed E-state index contributed by atoms with van der Waals surface area (Å²) in [5, 5.41) is 27.5. The van der Waals surface area contributed by atoms with Gasteiger partial charge in [0.2, 0.25) is 0 Å². The van der Waals surface area contributed by atoms with E-state index in [1.807, 2.05) is 0 Å². The van der Waals surface area contributed by atoms with Crippen LogP contribution >= 0.6 is 23.2 Å². The number of carbonyl (C=O) groups is 1. The third kappa shape index (κ3) is 4.20. The number of nitrogens with zero attached hydrogens (tertiary/aromatic N) is 3. The summed E-state index contributed by atoms with van der Waals surface area (Å²) in [5.41, 5.74) is -1.09. The lowest BCUT2D eigenvalue weighted by atomic mass is 9.86. The zero-order valence-corrected chi connectivity index (χ0v) is 13.8. The van der Waals surface area contributed by atoms with E-state index in [0.29, 0.717) is 10.6 Å². The van der Waals surface area contributed by atoms with Crippen molar-refractivity contribution in [1.82, 2.24) is 20.1 Å². The fourth-order valence-electron chi connectivity index (χ4n) is 2.27. The first-order valence-corrected chi connectivity index (χ1v) is 7.54. The summed E-state index contributed by atoms with van der Waals surface area (Å²) in [4.78, 5) is 14.6. The number of carboxylic acids is 1. The van der Waals surface area contributed by atoms with Gasteiger partial charge >= 0.3 is 5.97 Å². The number of rotatable bonds is 7. The molecule has 7 nitrogen and oxygen atoms in total. The van der Waals surface area contributed by atoms with Crippen molar-refractivity contribution in [2.24, 2.45) is 0 Å². The summed E-state index contributed by atoms with van der Waals surface area (Å²) < 4.78 is 1.45. The standard InChI is InChI=1S/C14H16Cl2N4O3/c1-9(18-5-13(21)22)14(23,6-20-8-17-7-19-20)11-3-2-10(15)4-12(11)16/h2-4,7-9,18,23H,5-6H2,1H3,(H,21,22)/t9-,14-/m1/s1. The number of aromatic nitrogens is 3. The summed E-state index contributed by atoms with van der Waals surface area (Å²) in [5.74, 6) is -1.03. The first-order valence-electron chi connectivity index (χ1n) is 6.78. The molecule has 0 aliphatic carbocycles. The van der Waals surface area contributed by atoms with Crippen LogP contribution < -0.4 is 5.32 Å². The summed E-state index contributed by atoms with van der Waals surface area (Å²) in [6.45, 7) is 1.42. The second kappa shape index (κ2) is 7.27. The van der Waals surface area contributed by atoms with E-state index in [1.54, 1.807) is 19.1 Å². The van der Waals surface area contributed by atoms with Crippen LogP contribution in [0, 0.1) is 0 Å². The van der Waals surface area contributed by atoms with Crippen molar-refractivity contribution in [2.75, 3.05) is 6.54 Å². The van der Waals surface area contributed by atoms with Crippen molar-refractivity contribution in [3.8, 4) is 0 Å². The normalized spacial score (nSPS) is 15.1. The molecule has 23 heavy (non-hydrogen) atoms. The minimum Gasteiger partial charge on any atom is -0.480 e. The largest absolute Gasteiger partial charge is 0.480 e. The number of aliphatic hydroxyl groups is 1. The van der Waals surface area contributed by atoms with E-state index in [9.17, 15) is 9.90 Å². The summed E-state index contributed by atoms with van der Waals surface area (Å²) in [6, 6.07) is 4.12. The van der Waals surface area contributed by atoms with Gasteiger partial charge in [0.05, 0.1) is 13.1 Å². The molecule has 2 rings (SSSR count). The average Bonchev–Trinajstić information content (AvgIpc) is 2.97. The van der Waals surface area contributed by atoms with Gasteiger partial charge in [-0.2, -0.15) is 5.10 Å². The van der Waals surface area contributed by atoms with Crippen LogP contribution in [-0.2, 0) is 16.9 Å². The highest BCUT2D eigenvalue weighted by atomic mass is 35.5. The van der Waals surface area contributed by atoms with Crippen molar-refractivity contribution in [2.45, 2.75) is 25.1 Å². The topological polar surface area (TPSA) is 100 Å². The number of hydrogen-bond acceptors (Lipinski definition) is 5. The molecule has 0 spiro atoms. The zero-order chi connectivity index (χ0) is 17.0. The monoisotopic (exact) mass is 358 g/mol. The molecule has 2 aromatic rings. The molecule has 9 heteroatoms. The smallest absolute Gasteiger partial charge is 0.317 e. The molecule has 1 aromatic heterocycles. The molecule has 0 amide bonds. The molecule has 0 radical (unpaired) electrons. The highest BCUT2D eigenvalue weighted by molar-refractivity contribution is 6.35. The first-order chi connectivity index (χ1) is 10.8. The molecular formula is C14H16Cl2N4O3. The van der Waals surface area contributed by atoms with Gasteiger partial charge in [-0.25, -0.2) is 9.67 Å². The van der Waals surface area contributed by atoms with Crippen LogP contribution in [0.15, 0.2) is 30.9 Å². The van der Waals surface area contributed by atoms with Crippen molar-refractivity contribution in [1.29, 1.82) is 0 Å². The Kier molecular flexibility index (Phi) is 5.59. The number of aliphatic carboxylic acids is 1. The summed E-state index contributed by atoms with van der Waals surface area (Å²) in [6.07, 6.45) is 2.80. The fourth-order valence-corrected chi connectivity index (χ4v) is 2.84.